The second-order valence-corrected chi connectivity index (χ2v) is 5.06. The standard InChI is InChI=1S/C15H17FN4O/c1-10-9-18-14(17)8-12(10)11-6-13(16)19-15(7-11)20-2-4-21-5-3-20/h6-9H,2-5H2,1H3,(H2,17,18). The Kier molecular flexibility index (Phi) is 3.70. The van der Waals surface area contributed by atoms with Gasteiger partial charge in [-0.3, -0.25) is 0 Å². The molecule has 0 bridgehead atoms. The maximum atomic E-state index is 13.9. The third-order valence-corrected chi connectivity index (χ3v) is 3.55. The largest absolute Gasteiger partial charge is 0.384 e. The van der Waals surface area contributed by atoms with Gasteiger partial charge in [0.05, 0.1) is 13.2 Å². The van der Waals surface area contributed by atoms with E-state index in [9.17, 15) is 4.39 Å². The molecule has 0 amide bonds. The van der Waals surface area contributed by atoms with Crippen molar-refractivity contribution >= 4 is 11.6 Å². The van der Waals surface area contributed by atoms with Crippen molar-refractivity contribution in [3.05, 3.63) is 35.9 Å². The van der Waals surface area contributed by atoms with E-state index in [0.717, 1.165) is 16.7 Å². The molecule has 5 nitrogen and oxygen atoms in total. The van der Waals surface area contributed by atoms with Crippen molar-refractivity contribution in [1.82, 2.24) is 9.97 Å². The van der Waals surface area contributed by atoms with Crippen LogP contribution in [0.25, 0.3) is 11.1 Å². The summed E-state index contributed by atoms with van der Waals surface area (Å²) in [6.45, 7) is 4.62. The predicted molar refractivity (Wildman–Crippen MR) is 79.6 cm³/mol. The van der Waals surface area contributed by atoms with Gasteiger partial charge >= 0.3 is 0 Å². The number of morpholine rings is 1. The van der Waals surface area contributed by atoms with Crippen LogP contribution in [-0.2, 0) is 4.74 Å². The van der Waals surface area contributed by atoms with Gasteiger partial charge in [0.2, 0.25) is 5.95 Å². The number of aromatic nitrogens is 2. The van der Waals surface area contributed by atoms with E-state index < -0.39 is 5.95 Å². The van der Waals surface area contributed by atoms with Crippen LogP contribution in [0, 0.1) is 12.9 Å². The Morgan fingerprint density at radius 2 is 2.00 bits per heavy atom. The molecule has 1 fully saturated rings. The van der Waals surface area contributed by atoms with Crippen molar-refractivity contribution in [3.63, 3.8) is 0 Å². The van der Waals surface area contributed by atoms with Gasteiger partial charge in [0.15, 0.2) is 0 Å². The Morgan fingerprint density at radius 3 is 2.76 bits per heavy atom. The van der Waals surface area contributed by atoms with Crippen LogP contribution in [0.5, 0.6) is 0 Å². The lowest BCUT2D eigenvalue weighted by molar-refractivity contribution is 0.122. The zero-order valence-corrected chi connectivity index (χ0v) is 11.8. The Labute approximate surface area is 122 Å². The summed E-state index contributed by atoms with van der Waals surface area (Å²) in [5.41, 5.74) is 8.32. The minimum Gasteiger partial charge on any atom is -0.384 e. The average Bonchev–Trinajstić information content (AvgIpc) is 2.50. The molecule has 6 heteroatoms. The van der Waals surface area contributed by atoms with Crippen molar-refractivity contribution in [2.75, 3.05) is 36.9 Å². The SMILES string of the molecule is Cc1cnc(N)cc1-c1cc(F)nc(N2CCOCC2)c1. The molecule has 2 aromatic rings. The van der Waals surface area contributed by atoms with E-state index in [4.69, 9.17) is 10.5 Å². The van der Waals surface area contributed by atoms with Crippen LogP contribution in [0.2, 0.25) is 0 Å². The number of aryl methyl sites for hydroxylation is 1. The van der Waals surface area contributed by atoms with Crippen molar-refractivity contribution in [2.24, 2.45) is 0 Å². The fraction of sp³-hybridized carbons (Fsp3) is 0.333. The number of ether oxygens (including phenoxy) is 1. The fourth-order valence-corrected chi connectivity index (χ4v) is 2.44. The lowest BCUT2D eigenvalue weighted by atomic mass is 10.0. The highest BCUT2D eigenvalue weighted by Gasteiger charge is 2.15. The first-order chi connectivity index (χ1) is 10.1. The Bertz CT molecular complexity index is 656. The van der Waals surface area contributed by atoms with Crippen molar-refractivity contribution in [1.29, 1.82) is 0 Å². The number of hydrogen-bond acceptors (Lipinski definition) is 5. The Morgan fingerprint density at radius 1 is 1.24 bits per heavy atom. The molecular weight excluding hydrogens is 271 g/mol. The third-order valence-electron chi connectivity index (χ3n) is 3.55. The highest BCUT2D eigenvalue weighted by atomic mass is 19.1. The fourth-order valence-electron chi connectivity index (χ4n) is 2.44. The number of rotatable bonds is 2. The Balaban J connectivity index is 2.02. The second kappa shape index (κ2) is 5.65. The summed E-state index contributed by atoms with van der Waals surface area (Å²) in [4.78, 5) is 10.1. The predicted octanol–water partition coefficient (Wildman–Crippen LogP) is 2.01. The van der Waals surface area contributed by atoms with Gasteiger partial charge in [0.25, 0.3) is 0 Å². The van der Waals surface area contributed by atoms with Crippen LogP contribution < -0.4 is 10.6 Å². The molecule has 0 spiro atoms. The van der Waals surface area contributed by atoms with Gasteiger partial charge in [0.1, 0.15) is 11.6 Å². The van der Waals surface area contributed by atoms with Crippen LogP contribution >= 0.6 is 0 Å². The van der Waals surface area contributed by atoms with E-state index in [1.165, 1.54) is 6.07 Å². The molecular formula is C15H17FN4O. The van der Waals surface area contributed by atoms with E-state index in [2.05, 4.69) is 9.97 Å². The zero-order valence-electron chi connectivity index (χ0n) is 11.8. The number of nitrogens with zero attached hydrogens (tertiary/aromatic N) is 3. The summed E-state index contributed by atoms with van der Waals surface area (Å²) in [5.74, 6) is 0.549. The van der Waals surface area contributed by atoms with Crippen LogP contribution in [0.15, 0.2) is 24.4 Å². The van der Waals surface area contributed by atoms with E-state index >= 15 is 0 Å². The smallest absolute Gasteiger partial charge is 0.215 e. The van der Waals surface area contributed by atoms with Crippen LogP contribution in [0.3, 0.4) is 0 Å². The number of nitrogens with two attached hydrogens (primary N) is 1. The van der Waals surface area contributed by atoms with Gasteiger partial charge in [-0.1, -0.05) is 0 Å². The molecule has 0 aromatic carbocycles. The zero-order chi connectivity index (χ0) is 14.8. The summed E-state index contributed by atoms with van der Waals surface area (Å²) in [6.07, 6.45) is 1.69. The topological polar surface area (TPSA) is 64.3 Å². The number of anilines is 2. The van der Waals surface area contributed by atoms with Crippen molar-refractivity contribution in [2.45, 2.75) is 6.92 Å². The third kappa shape index (κ3) is 2.95. The van der Waals surface area contributed by atoms with E-state index in [1.807, 2.05) is 17.9 Å². The molecule has 0 aliphatic carbocycles. The first-order valence-corrected chi connectivity index (χ1v) is 6.86. The molecule has 2 aromatic heterocycles. The second-order valence-electron chi connectivity index (χ2n) is 5.06. The maximum Gasteiger partial charge on any atom is 0.215 e. The molecule has 0 atom stereocenters. The first-order valence-electron chi connectivity index (χ1n) is 6.86. The van der Waals surface area contributed by atoms with Gasteiger partial charge in [-0.05, 0) is 35.7 Å². The average molecular weight is 288 g/mol. The highest BCUT2D eigenvalue weighted by Crippen LogP contribution is 2.28. The maximum absolute atomic E-state index is 13.9. The first kappa shape index (κ1) is 13.8. The minimum atomic E-state index is -0.497. The molecule has 3 rings (SSSR count). The molecule has 1 saturated heterocycles. The van der Waals surface area contributed by atoms with Gasteiger partial charge in [-0.15, -0.1) is 0 Å². The van der Waals surface area contributed by atoms with E-state index in [-0.39, 0.29) is 0 Å². The van der Waals surface area contributed by atoms with Crippen LogP contribution in [-0.4, -0.2) is 36.3 Å². The number of hydrogen-bond donors (Lipinski definition) is 1. The molecule has 2 N–H and O–H groups in total. The monoisotopic (exact) mass is 288 g/mol. The summed E-state index contributed by atoms with van der Waals surface area (Å²) in [5, 5.41) is 0. The Hall–Kier alpha value is -2.21. The summed E-state index contributed by atoms with van der Waals surface area (Å²) in [7, 11) is 0. The molecule has 0 saturated carbocycles. The van der Waals surface area contributed by atoms with E-state index in [1.54, 1.807) is 12.3 Å². The van der Waals surface area contributed by atoms with Gasteiger partial charge < -0.3 is 15.4 Å². The number of pyridine rings is 2. The normalized spacial score (nSPS) is 15.2. The molecule has 1 aliphatic heterocycles. The van der Waals surface area contributed by atoms with Crippen LogP contribution in [0.1, 0.15) is 5.56 Å². The van der Waals surface area contributed by atoms with Crippen molar-refractivity contribution in [3.8, 4) is 11.1 Å². The summed E-state index contributed by atoms with van der Waals surface area (Å²) >= 11 is 0. The quantitative estimate of drug-likeness (QED) is 0.856. The molecule has 0 unspecified atom stereocenters. The number of nitrogen functional groups attached to an aromatic ring is 1. The van der Waals surface area contributed by atoms with Gasteiger partial charge in [0, 0.05) is 25.4 Å². The molecule has 0 radical (unpaired) electrons. The summed E-state index contributed by atoms with van der Waals surface area (Å²) in [6, 6.07) is 5.06. The lowest BCUT2D eigenvalue weighted by Gasteiger charge is -2.28. The lowest BCUT2D eigenvalue weighted by Crippen LogP contribution is -2.36. The van der Waals surface area contributed by atoms with Gasteiger partial charge in [-0.25, -0.2) is 9.97 Å². The van der Waals surface area contributed by atoms with Gasteiger partial charge in [-0.2, -0.15) is 4.39 Å². The summed E-state index contributed by atoms with van der Waals surface area (Å²) < 4.78 is 19.2. The molecule has 1 aliphatic rings. The minimum absolute atomic E-state index is 0.417. The number of halogens is 1. The molecule has 110 valence electrons. The molecule has 3 heterocycles. The molecule has 21 heavy (non-hydrogen) atoms. The van der Waals surface area contributed by atoms with Crippen LogP contribution in [0.4, 0.5) is 16.0 Å². The highest BCUT2D eigenvalue weighted by molar-refractivity contribution is 5.71. The van der Waals surface area contributed by atoms with E-state index in [0.29, 0.717) is 37.9 Å². The van der Waals surface area contributed by atoms with Crippen molar-refractivity contribution < 1.29 is 9.13 Å².